The van der Waals surface area contributed by atoms with E-state index < -0.39 is 17.4 Å². The van der Waals surface area contributed by atoms with E-state index in [0.717, 1.165) is 32.4 Å². The number of aliphatic hydroxyl groups excluding tert-OH is 1. The van der Waals surface area contributed by atoms with Crippen LogP contribution in [0, 0.1) is 5.92 Å². The number of aryl methyl sites for hydroxylation is 1. The van der Waals surface area contributed by atoms with E-state index in [9.17, 15) is 14.7 Å². The lowest BCUT2D eigenvalue weighted by Crippen LogP contribution is -2.37. The number of benzene rings is 2. The lowest BCUT2D eigenvalue weighted by Gasteiger charge is -2.33. The van der Waals surface area contributed by atoms with E-state index in [1.54, 1.807) is 43.0 Å². The molecule has 4 aromatic rings. The van der Waals surface area contributed by atoms with E-state index in [0.29, 0.717) is 29.0 Å². The maximum absolute atomic E-state index is 12.9. The molecule has 10 heteroatoms. The first-order valence-electron chi connectivity index (χ1n) is 12.9. The molecule has 0 aliphatic carbocycles. The maximum atomic E-state index is 12.9. The molecule has 1 saturated heterocycles. The molecule has 38 heavy (non-hydrogen) atoms. The largest absolute Gasteiger partial charge is 0.497 e. The molecule has 0 unspecified atom stereocenters. The van der Waals surface area contributed by atoms with Crippen molar-refractivity contribution in [3.63, 3.8) is 0 Å². The Labute approximate surface area is 220 Å². The average molecular weight is 520 g/mol. The van der Waals surface area contributed by atoms with Gasteiger partial charge in [-0.1, -0.05) is 30.3 Å². The molecular weight excluding hydrogens is 486 g/mol. The third-order valence-electron chi connectivity index (χ3n) is 7.15. The first kappa shape index (κ1) is 25.6. The summed E-state index contributed by atoms with van der Waals surface area (Å²) in [4.78, 5) is 34.4. The molecule has 2 aromatic heterocycles. The van der Waals surface area contributed by atoms with Crippen LogP contribution < -0.4 is 25.6 Å². The van der Waals surface area contributed by atoms with E-state index in [-0.39, 0.29) is 18.7 Å². The fourth-order valence-electron chi connectivity index (χ4n) is 5.05. The van der Waals surface area contributed by atoms with E-state index in [1.165, 1.54) is 10.1 Å². The third-order valence-corrected chi connectivity index (χ3v) is 7.15. The standard InChI is InChI=1S/C28H33N5O5/c1-31-25-24(26(35)30-28(31)36)33(17-21(34)18-38-23-10-8-22(37-2)9-11-23)27(29-25)32-14-12-20(13-15-32)16-19-6-4-3-5-7-19/h3-11,20-21,34H,12-18H2,1-2H3,(H,30,35,36)/t21-/m0/s1. The Hall–Kier alpha value is -4.05. The molecule has 3 heterocycles. The quantitative estimate of drug-likeness (QED) is 0.349. The molecule has 1 aliphatic heterocycles. The summed E-state index contributed by atoms with van der Waals surface area (Å²) in [6.07, 6.45) is 2.08. The minimum Gasteiger partial charge on any atom is -0.497 e. The van der Waals surface area contributed by atoms with Gasteiger partial charge in [0.1, 0.15) is 24.2 Å². The van der Waals surface area contributed by atoms with Gasteiger partial charge in [0.05, 0.1) is 13.7 Å². The van der Waals surface area contributed by atoms with Crippen molar-refractivity contribution in [2.45, 2.75) is 31.9 Å². The van der Waals surface area contributed by atoms with E-state index >= 15 is 0 Å². The molecule has 5 rings (SSSR count). The summed E-state index contributed by atoms with van der Waals surface area (Å²) in [5.74, 6) is 2.45. The number of fused-ring (bicyclic) bond motifs is 1. The van der Waals surface area contributed by atoms with Crippen molar-refractivity contribution in [3.8, 4) is 11.5 Å². The van der Waals surface area contributed by atoms with Gasteiger partial charge in [0.25, 0.3) is 5.56 Å². The van der Waals surface area contributed by atoms with Crippen LogP contribution in [0.3, 0.4) is 0 Å². The molecule has 2 N–H and O–H groups in total. The zero-order valence-electron chi connectivity index (χ0n) is 21.7. The number of nitrogens with one attached hydrogen (secondary N) is 1. The summed E-state index contributed by atoms with van der Waals surface area (Å²) in [6, 6.07) is 17.6. The van der Waals surface area contributed by atoms with Gasteiger partial charge in [-0.25, -0.2) is 4.79 Å². The van der Waals surface area contributed by atoms with E-state index in [2.05, 4.69) is 34.1 Å². The van der Waals surface area contributed by atoms with Gasteiger partial charge < -0.3 is 24.0 Å². The second kappa shape index (κ2) is 11.1. The molecule has 200 valence electrons. The monoisotopic (exact) mass is 519 g/mol. The van der Waals surface area contributed by atoms with Crippen LogP contribution in [-0.4, -0.2) is 57.1 Å². The molecular formula is C28H33N5O5. The zero-order chi connectivity index (χ0) is 26.6. The Morgan fingerprint density at radius 1 is 1.05 bits per heavy atom. The highest BCUT2D eigenvalue weighted by atomic mass is 16.5. The van der Waals surface area contributed by atoms with Crippen LogP contribution >= 0.6 is 0 Å². The lowest BCUT2D eigenvalue weighted by molar-refractivity contribution is 0.0935. The van der Waals surface area contributed by atoms with Gasteiger partial charge in [-0.3, -0.25) is 14.3 Å². The first-order chi connectivity index (χ1) is 18.4. The van der Waals surface area contributed by atoms with Crippen LogP contribution in [0.2, 0.25) is 0 Å². The molecule has 0 amide bonds. The lowest BCUT2D eigenvalue weighted by atomic mass is 9.90. The molecule has 0 spiro atoms. The smallest absolute Gasteiger partial charge is 0.329 e. The predicted molar refractivity (Wildman–Crippen MR) is 145 cm³/mol. The Kier molecular flexibility index (Phi) is 7.50. The molecule has 1 fully saturated rings. The van der Waals surface area contributed by atoms with Crippen molar-refractivity contribution in [2.75, 3.05) is 31.7 Å². The van der Waals surface area contributed by atoms with Crippen LogP contribution in [0.1, 0.15) is 18.4 Å². The topological polar surface area (TPSA) is 115 Å². The fraction of sp³-hybridized carbons (Fsp3) is 0.393. The molecule has 10 nitrogen and oxygen atoms in total. The van der Waals surface area contributed by atoms with E-state index in [4.69, 9.17) is 14.5 Å². The zero-order valence-corrected chi connectivity index (χ0v) is 21.7. The van der Waals surface area contributed by atoms with Gasteiger partial charge in [0.2, 0.25) is 5.95 Å². The summed E-state index contributed by atoms with van der Waals surface area (Å²) in [7, 11) is 3.17. The predicted octanol–water partition coefficient (Wildman–Crippen LogP) is 2.33. The van der Waals surface area contributed by atoms with Crippen molar-refractivity contribution < 1.29 is 14.6 Å². The number of aliphatic hydroxyl groups is 1. The van der Waals surface area contributed by atoms with Crippen molar-refractivity contribution in [1.82, 2.24) is 19.1 Å². The molecule has 0 radical (unpaired) electrons. The first-order valence-corrected chi connectivity index (χ1v) is 12.9. The summed E-state index contributed by atoms with van der Waals surface area (Å²) in [6.45, 7) is 1.65. The van der Waals surface area contributed by atoms with Crippen molar-refractivity contribution in [1.29, 1.82) is 0 Å². The van der Waals surface area contributed by atoms with Gasteiger partial charge in [0, 0.05) is 20.1 Å². The highest BCUT2D eigenvalue weighted by Crippen LogP contribution is 2.27. The van der Waals surface area contributed by atoms with Crippen LogP contribution in [0.4, 0.5) is 5.95 Å². The van der Waals surface area contributed by atoms with E-state index in [1.807, 2.05) is 6.07 Å². The van der Waals surface area contributed by atoms with Gasteiger partial charge in [-0.2, -0.15) is 4.98 Å². The number of ether oxygens (including phenoxy) is 2. The van der Waals surface area contributed by atoms with Gasteiger partial charge in [-0.15, -0.1) is 0 Å². The molecule has 1 aliphatic rings. The molecule has 2 aromatic carbocycles. The van der Waals surface area contributed by atoms with Crippen molar-refractivity contribution >= 4 is 17.1 Å². The minimum absolute atomic E-state index is 0.0221. The van der Waals surface area contributed by atoms with Gasteiger partial charge in [-0.05, 0) is 55.0 Å². The molecule has 0 bridgehead atoms. The summed E-state index contributed by atoms with van der Waals surface area (Å²) >= 11 is 0. The Morgan fingerprint density at radius 2 is 1.74 bits per heavy atom. The number of nitrogens with zero attached hydrogens (tertiary/aromatic N) is 4. The van der Waals surface area contributed by atoms with Crippen molar-refractivity contribution in [2.24, 2.45) is 13.0 Å². The summed E-state index contributed by atoms with van der Waals surface area (Å²) in [5.41, 5.74) is 0.841. The fourth-order valence-corrected chi connectivity index (χ4v) is 5.05. The average Bonchev–Trinajstić information content (AvgIpc) is 3.31. The third kappa shape index (κ3) is 5.45. The minimum atomic E-state index is -0.916. The molecule has 1 atom stereocenters. The SMILES string of the molecule is COc1ccc(OC[C@@H](O)Cn2c(N3CCC(Cc4ccccc4)CC3)nc3c2c(=O)[nH]c(=O)n3C)cc1. The second-order valence-electron chi connectivity index (χ2n) is 9.77. The van der Waals surface area contributed by atoms with Crippen molar-refractivity contribution in [3.05, 3.63) is 81.0 Å². The summed E-state index contributed by atoms with van der Waals surface area (Å²) < 4.78 is 14.0. The Bertz CT molecular complexity index is 1480. The number of H-pyrrole nitrogens is 1. The number of imidazole rings is 1. The van der Waals surface area contributed by atoms with Crippen LogP contribution in [-0.2, 0) is 20.0 Å². The van der Waals surface area contributed by atoms with Crippen LogP contribution in [0.15, 0.2) is 64.2 Å². The number of methoxy groups -OCH3 is 1. The van der Waals surface area contributed by atoms with Crippen LogP contribution in [0.25, 0.3) is 11.2 Å². The second-order valence-corrected chi connectivity index (χ2v) is 9.77. The number of rotatable bonds is 9. The number of aromatic amines is 1. The normalized spacial score (nSPS) is 15.1. The molecule has 0 saturated carbocycles. The number of hydrogen-bond donors (Lipinski definition) is 2. The number of hydrogen-bond acceptors (Lipinski definition) is 7. The highest BCUT2D eigenvalue weighted by molar-refractivity contribution is 5.74. The number of anilines is 1. The van der Waals surface area contributed by atoms with Gasteiger partial charge >= 0.3 is 5.69 Å². The summed E-state index contributed by atoms with van der Waals surface area (Å²) in [5, 5.41) is 10.9. The Balaban J connectivity index is 1.36. The maximum Gasteiger partial charge on any atom is 0.329 e. The highest BCUT2D eigenvalue weighted by Gasteiger charge is 2.27. The Morgan fingerprint density at radius 3 is 2.42 bits per heavy atom. The van der Waals surface area contributed by atoms with Gasteiger partial charge in [0.15, 0.2) is 11.2 Å². The van der Waals surface area contributed by atoms with Crippen LogP contribution in [0.5, 0.6) is 11.5 Å². The number of aromatic nitrogens is 4. The number of piperidine rings is 1.